The van der Waals surface area contributed by atoms with Crippen LogP contribution in [0.4, 0.5) is 0 Å². The molecule has 0 aliphatic carbocycles. The second kappa shape index (κ2) is 7.14. The number of carboxylic acid groups (broad SMARTS) is 1. The summed E-state index contributed by atoms with van der Waals surface area (Å²) in [6.07, 6.45) is 1.62. The number of hydrogen-bond acceptors (Lipinski definition) is 5. The van der Waals surface area contributed by atoms with Gasteiger partial charge < -0.3 is 14.8 Å². The van der Waals surface area contributed by atoms with E-state index in [0.717, 1.165) is 0 Å². The van der Waals surface area contributed by atoms with Crippen LogP contribution in [0.2, 0.25) is 0 Å². The monoisotopic (exact) mass is 344 g/mol. The smallest absolute Gasteiger partial charge is 0.371 e. The number of amides is 1. The van der Waals surface area contributed by atoms with Crippen molar-refractivity contribution in [2.75, 3.05) is 12.3 Å². The van der Waals surface area contributed by atoms with Crippen LogP contribution in [0.3, 0.4) is 0 Å². The van der Waals surface area contributed by atoms with E-state index in [9.17, 15) is 18.0 Å². The van der Waals surface area contributed by atoms with Crippen molar-refractivity contribution in [3.63, 3.8) is 0 Å². The van der Waals surface area contributed by atoms with Crippen molar-refractivity contribution in [2.24, 2.45) is 0 Å². The molecule has 1 aromatic rings. The molecule has 1 aliphatic rings. The lowest BCUT2D eigenvalue weighted by Crippen LogP contribution is -2.46. The standard InChI is InChI=1S/C14H20N2O6S/c1-2-8-23(20,21)16-7-3-4-11(16)13(17)15-9-10-5-6-12(22-10)14(18)19/h5-6,11H,2-4,7-9H2,1H3,(H,15,17)(H,18,19). The van der Waals surface area contributed by atoms with E-state index in [1.165, 1.54) is 16.4 Å². The summed E-state index contributed by atoms with van der Waals surface area (Å²) in [7, 11) is -3.42. The van der Waals surface area contributed by atoms with Crippen LogP contribution in [0.15, 0.2) is 16.5 Å². The van der Waals surface area contributed by atoms with Gasteiger partial charge >= 0.3 is 5.97 Å². The van der Waals surface area contributed by atoms with Gasteiger partial charge in [-0.15, -0.1) is 0 Å². The lowest BCUT2D eigenvalue weighted by Gasteiger charge is -2.22. The molecule has 1 fully saturated rings. The maximum atomic E-state index is 12.2. The SMILES string of the molecule is CCCS(=O)(=O)N1CCCC1C(=O)NCc1ccc(C(=O)O)o1. The molecule has 1 aliphatic heterocycles. The molecule has 1 atom stereocenters. The molecular formula is C14H20N2O6S. The summed E-state index contributed by atoms with van der Waals surface area (Å²) in [5, 5.41) is 11.4. The molecule has 8 nitrogen and oxygen atoms in total. The summed E-state index contributed by atoms with van der Waals surface area (Å²) < 4.78 is 30.6. The van der Waals surface area contributed by atoms with Crippen molar-refractivity contribution in [2.45, 2.75) is 38.8 Å². The van der Waals surface area contributed by atoms with Gasteiger partial charge in [0.2, 0.25) is 21.7 Å². The summed E-state index contributed by atoms with van der Waals surface area (Å²) in [6.45, 7) is 2.15. The number of carbonyl (C=O) groups is 2. The molecular weight excluding hydrogens is 324 g/mol. The molecule has 0 saturated carbocycles. The molecule has 1 amide bonds. The molecule has 2 rings (SSSR count). The van der Waals surface area contributed by atoms with Crippen LogP contribution >= 0.6 is 0 Å². The highest BCUT2D eigenvalue weighted by molar-refractivity contribution is 7.89. The molecule has 1 saturated heterocycles. The number of furan rings is 1. The maximum absolute atomic E-state index is 12.2. The summed E-state index contributed by atoms with van der Waals surface area (Å²) >= 11 is 0. The highest BCUT2D eigenvalue weighted by Gasteiger charge is 2.37. The summed E-state index contributed by atoms with van der Waals surface area (Å²) in [5.41, 5.74) is 0. The minimum Gasteiger partial charge on any atom is -0.475 e. The van der Waals surface area contributed by atoms with Crippen molar-refractivity contribution < 1.29 is 27.5 Å². The van der Waals surface area contributed by atoms with Gasteiger partial charge in [0.05, 0.1) is 12.3 Å². The fourth-order valence-corrected chi connectivity index (χ4v) is 4.34. The lowest BCUT2D eigenvalue weighted by molar-refractivity contribution is -0.124. The predicted octanol–water partition coefficient (Wildman–Crippen LogP) is 0.798. The summed E-state index contributed by atoms with van der Waals surface area (Å²) in [5.74, 6) is -1.46. The van der Waals surface area contributed by atoms with Gasteiger partial charge in [-0.1, -0.05) is 6.92 Å². The molecule has 23 heavy (non-hydrogen) atoms. The van der Waals surface area contributed by atoms with Crippen molar-refractivity contribution in [1.82, 2.24) is 9.62 Å². The van der Waals surface area contributed by atoms with Crippen LogP contribution in [-0.2, 0) is 21.4 Å². The number of rotatable bonds is 7. The maximum Gasteiger partial charge on any atom is 0.371 e. The highest BCUT2D eigenvalue weighted by atomic mass is 32.2. The van der Waals surface area contributed by atoms with Gasteiger partial charge in [0.15, 0.2) is 0 Å². The van der Waals surface area contributed by atoms with E-state index in [-0.39, 0.29) is 18.1 Å². The molecule has 1 unspecified atom stereocenters. The Morgan fingerprint density at radius 1 is 1.43 bits per heavy atom. The second-order valence-electron chi connectivity index (χ2n) is 5.37. The van der Waals surface area contributed by atoms with E-state index in [1.807, 2.05) is 0 Å². The van der Waals surface area contributed by atoms with Crippen molar-refractivity contribution in [3.05, 3.63) is 23.7 Å². The van der Waals surface area contributed by atoms with Crippen molar-refractivity contribution >= 4 is 21.9 Å². The van der Waals surface area contributed by atoms with Crippen LogP contribution in [0.1, 0.15) is 42.5 Å². The molecule has 0 radical (unpaired) electrons. The second-order valence-corrected chi connectivity index (χ2v) is 7.41. The van der Waals surface area contributed by atoms with Crippen molar-refractivity contribution in [1.29, 1.82) is 0 Å². The molecule has 2 heterocycles. The number of nitrogens with one attached hydrogen (secondary N) is 1. The molecule has 9 heteroatoms. The van der Waals surface area contributed by atoms with E-state index in [0.29, 0.717) is 31.6 Å². The van der Waals surface area contributed by atoms with Gasteiger partial charge in [-0.3, -0.25) is 4.79 Å². The third-order valence-corrected chi connectivity index (χ3v) is 5.71. The van der Waals surface area contributed by atoms with Gasteiger partial charge in [-0.05, 0) is 31.4 Å². The Morgan fingerprint density at radius 3 is 2.78 bits per heavy atom. The Morgan fingerprint density at radius 2 is 2.17 bits per heavy atom. The van der Waals surface area contributed by atoms with E-state index in [1.54, 1.807) is 6.92 Å². The fraction of sp³-hybridized carbons (Fsp3) is 0.571. The van der Waals surface area contributed by atoms with E-state index in [2.05, 4.69) is 5.32 Å². The number of aromatic carboxylic acids is 1. The fourth-order valence-electron chi connectivity index (χ4n) is 2.59. The van der Waals surface area contributed by atoms with Gasteiger partial charge in [0.1, 0.15) is 11.8 Å². The normalized spacial score (nSPS) is 18.9. The van der Waals surface area contributed by atoms with Crippen LogP contribution in [0.25, 0.3) is 0 Å². The van der Waals surface area contributed by atoms with Gasteiger partial charge in [0, 0.05) is 6.54 Å². The number of carboxylic acids is 1. The summed E-state index contributed by atoms with van der Waals surface area (Å²) in [4.78, 5) is 23.0. The van der Waals surface area contributed by atoms with Gasteiger partial charge in [-0.2, -0.15) is 4.31 Å². The average molecular weight is 344 g/mol. The topological polar surface area (TPSA) is 117 Å². The highest BCUT2D eigenvalue weighted by Crippen LogP contribution is 2.22. The Hall–Kier alpha value is -1.87. The van der Waals surface area contributed by atoms with E-state index >= 15 is 0 Å². The lowest BCUT2D eigenvalue weighted by atomic mass is 10.2. The Balaban J connectivity index is 1.97. The molecule has 1 aromatic heterocycles. The molecule has 0 bridgehead atoms. The number of hydrogen-bond donors (Lipinski definition) is 2. The number of sulfonamides is 1. The Kier molecular flexibility index (Phi) is 5.42. The van der Waals surface area contributed by atoms with Gasteiger partial charge in [0.25, 0.3) is 0 Å². The zero-order valence-corrected chi connectivity index (χ0v) is 13.6. The van der Waals surface area contributed by atoms with Gasteiger partial charge in [-0.25, -0.2) is 13.2 Å². The van der Waals surface area contributed by atoms with Crippen LogP contribution in [-0.4, -0.2) is 48.0 Å². The molecule has 128 valence electrons. The largest absolute Gasteiger partial charge is 0.475 e. The minimum absolute atomic E-state index is 0.0181. The molecule has 2 N–H and O–H groups in total. The third-order valence-electron chi connectivity index (χ3n) is 3.64. The van der Waals surface area contributed by atoms with E-state index < -0.39 is 27.9 Å². The van der Waals surface area contributed by atoms with Crippen LogP contribution in [0.5, 0.6) is 0 Å². The van der Waals surface area contributed by atoms with Crippen LogP contribution < -0.4 is 5.32 Å². The first kappa shape index (κ1) is 17.5. The number of carbonyl (C=O) groups excluding carboxylic acids is 1. The van der Waals surface area contributed by atoms with E-state index in [4.69, 9.17) is 9.52 Å². The summed E-state index contributed by atoms with van der Waals surface area (Å²) in [6, 6.07) is 2.06. The van der Waals surface area contributed by atoms with Crippen molar-refractivity contribution in [3.8, 4) is 0 Å². The third kappa shape index (κ3) is 4.11. The Bertz CT molecular complexity index is 681. The zero-order valence-electron chi connectivity index (χ0n) is 12.8. The average Bonchev–Trinajstić information content (AvgIpc) is 3.14. The minimum atomic E-state index is -3.42. The predicted molar refractivity (Wildman–Crippen MR) is 81.3 cm³/mol. The molecule has 0 spiro atoms. The van der Waals surface area contributed by atoms with Crippen LogP contribution in [0, 0.1) is 0 Å². The first-order valence-corrected chi connectivity index (χ1v) is 9.05. The first-order valence-electron chi connectivity index (χ1n) is 7.44. The Labute approximate surface area is 134 Å². The quantitative estimate of drug-likeness (QED) is 0.755. The number of nitrogens with zero attached hydrogens (tertiary/aromatic N) is 1. The zero-order chi connectivity index (χ0) is 17.0. The molecule has 0 aromatic carbocycles. The first-order chi connectivity index (χ1) is 10.8.